The van der Waals surface area contributed by atoms with Crippen LogP contribution in [-0.2, 0) is 0 Å². The van der Waals surface area contributed by atoms with Crippen molar-refractivity contribution in [3.05, 3.63) is 200 Å². The quantitative estimate of drug-likeness (QED) is 0.168. The highest BCUT2D eigenvalue weighted by molar-refractivity contribution is 6.41. The molecule has 0 aliphatic carbocycles. The molecule has 0 fully saturated rings. The van der Waals surface area contributed by atoms with Crippen molar-refractivity contribution >= 4 is 86.8 Å². The highest BCUT2D eigenvalue weighted by Crippen LogP contribution is 2.49. The average Bonchev–Trinajstić information content (AvgIpc) is 3.89. The summed E-state index contributed by atoms with van der Waals surface area (Å²) in [6.45, 7) is 0. The van der Waals surface area contributed by atoms with Gasteiger partial charge in [0.15, 0.2) is 5.58 Å². The van der Waals surface area contributed by atoms with Crippen LogP contribution < -0.4 is 0 Å². The maximum Gasteiger partial charge on any atom is 0.235 e. The van der Waals surface area contributed by atoms with Crippen LogP contribution in [0.2, 0.25) is 0 Å². The molecule has 0 bridgehead atoms. The number of fused-ring (bicyclic) bond motifs is 17. The van der Waals surface area contributed by atoms with Gasteiger partial charge in [0.2, 0.25) is 5.95 Å². The Kier molecular flexibility index (Phi) is 6.98. The first-order valence-electron chi connectivity index (χ1n) is 20.4. The normalized spacial score (nSPS) is 12.0. The fourth-order valence-electron chi connectivity index (χ4n) is 9.76. The molecule has 0 aliphatic heterocycles. The van der Waals surface area contributed by atoms with E-state index in [0.717, 1.165) is 82.8 Å². The van der Waals surface area contributed by atoms with E-state index in [2.05, 4.69) is 199 Å². The first-order chi connectivity index (χ1) is 29.8. The molecule has 0 radical (unpaired) electrons. The number of nitrogens with zero attached hydrogens (tertiary/aromatic N) is 3. The molecule has 0 amide bonds. The van der Waals surface area contributed by atoms with E-state index in [1.54, 1.807) is 0 Å². The summed E-state index contributed by atoms with van der Waals surface area (Å²) >= 11 is 0. The van der Waals surface area contributed by atoms with Crippen molar-refractivity contribution in [3.63, 3.8) is 0 Å². The molecule has 0 atom stereocenters. The topological polar surface area (TPSA) is 43.9 Å². The van der Waals surface area contributed by atoms with E-state index < -0.39 is 0 Å². The highest BCUT2D eigenvalue weighted by Gasteiger charge is 2.25. The second-order valence-electron chi connectivity index (χ2n) is 15.6. The fraction of sp³-hybridized carbons (Fsp3) is 0. The minimum atomic E-state index is 0.585. The van der Waals surface area contributed by atoms with Crippen molar-refractivity contribution in [2.24, 2.45) is 0 Å². The Bertz CT molecular complexity index is 3880. The summed E-state index contributed by atoms with van der Waals surface area (Å²) in [5.41, 5.74) is 9.69. The maximum absolute atomic E-state index is 7.45. The van der Waals surface area contributed by atoms with Crippen LogP contribution in [0.5, 0.6) is 0 Å². The van der Waals surface area contributed by atoms with Gasteiger partial charge in [0.25, 0.3) is 0 Å². The molecule has 4 nitrogen and oxygen atoms in total. The molecule has 10 aromatic carbocycles. The Morgan fingerprint density at radius 3 is 1.52 bits per heavy atom. The lowest BCUT2D eigenvalue weighted by Gasteiger charge is -2.13. The van der Waals surface area contributed by atoms with Crippen LogP contribution in [0.25, 0.3) is 126 Å². The van der Waals surface area contributed by atoms with Crippen molar-refractivity contribution in [2.75, 3.05) is 0 Å². The molecule has 278 valence electrons. The lowest BCUT2D eigenvalue weighted by atomic mass is 9.89. The smallest absolute Gasteiger partial charge is 0.235 e. The van der Waals surface area contributed by atoms with E-state index in [0.29, 0.717) is 5.95 Å². The standard InChI is InChI=1S/C56H33N3O/c1-3-16-34(17-4-1)36-20-15-21-37(32-36)48-33-47(35-18-5-2-6-19-35)57-56(58-48)59-49-29-14-13-24-40(49)45-30-31-46-51-44-28-12-11-27-43(44)50-41-25-9-7-22-38(41)39-23-8-10-26-42(39)52(50)55(51)60-54(46)53(45)59/h1-33H. The number of para-hydroxylation sites is 1. The Hall–Kier alpha value is -8.08. The maximum atomic E-state index is 7.45. The Balaban J connectivity index is 1.18. The molecule has 3 aromatic heterocycles. The largest absolute Gasteiger partial charge is 0.453 e. The van der Waals surface area contributed by atoms with Crippen LogP contribution in [0.4, 0.5) is 0 Å². The second-order valence-corrected chi connectivity index (χ2v) is 15.6. The van der Waals surface area contributed by atoms with Gasteiger partial charge in [0.05, 0.1) is 16.9 Å². The molecule has 0 spiro atoms. The highest BCUT2D eigenvalue weighted by atomic mass is 16.3. The summed E-state index contributed by atoms with van der Waals surface area (Å²) in [4.78, 5) is 10.9. The van der Waals surface area contributed by atoms with Gasteiger partial charge in [-0.3, -0.25) is 4.57 Å². The molecule has 13 rings (SSSR count). The summed E-state index contributed by atoms with van der Waals surface area (Å²) in [6, 6.07) is 71.1. The van der Waals surface area contributed by atoms with E-state index >= 15 is 0 Å². The van der Waals surface area contributed by atoms with Crippen LogP contribution in [0.15, 0.2) is 205 Å². The fourth-order valence-corrected chi connectivity index (χ4v) is 9.76. The number of benzene rings is 10. The van der Waals surface area contributed by atoms with Crippen molar-refractivity contribution in [1.29, 1.82) is 0 Å². The molecular formula is C56H33N3O. The number of rotatable bonds is 4. The van der Waals surface area contributed by atoms with Crippen LogP contribution in [-0.4, -0.2) is 14.5 Å². The van der Waals surface area contributed by atoms with Crippen LogP contribution in [0, 0.1) is 0 Å². The predicted octanol–water partition coefficient (Wildman–Crippen LogP) is 15.1. The van der Waals surface area contributed by atoms with E-state index in [1.807, 2.05) is 6.07 Å². The lowest BCUT2D eigenvalue weighted by Crippen LogP contribution is -2.04. The zero-order valence-corrected chi connectivity index (χ0v) is 32.3. The van der Waals surface area contributed by atoms with Crippen LogP contribution >= 0.6 is 0 Å². The van der Waals surface area contributed by atoms with Crippen LogP contribution in [0.1, 0.15) is 0 Å². The van der Waals surface area contributed by atoms with Gasteiger partial charge in [0.1, 0.15) is 11.1 Å². The average molecular weight is 764 g/mol. The summed E-state index contributed by atoms with van der Waals surface area (Å²) < 4.78 is 9.68. The Morgan fingerprint density at radius 2 is 0.817 bits per heavy atom. The number of furan rings is 1. The Labute approximate surface area is 344 Å². The van der Waals surface area contributed by atoms with Crippen LogP contribution in [0.3, 0.4) is 0 Å². The molecule has 13 aromatic rings. The van der Waals surface area contributed by atoms with E-state index in [-0.39, 0.29) is 0 Å². The number of hydrogen-bond donors (Lipinski definition) is 0. The van der Waals surface area contributed by atoms with Gasteiger partial charge in [-0.05, 0) is 67.7 Å². The molecule has 60 heavy (non-hydrogen) atoms. The summed E-state index contributed by atoms with van der Waals surface area (Å²) in [5.74, 6) is 0.585. The summed E-state index contributed by atoms with van der Waals surface area (Å²) in [6.07, 6.45) is 0. The number of hydrogen-bond acceptors (Lipinski definition) is 3. The minimum absolute atomic E-state index is 0.585. The third-order valence-electron chi connectivity index (χ3n) is 12.4. The first kappa shape index (κ1) is 32.9. The van der Waals surface area contributed by atoms with Gasteiger partial charge in [-0.1, -0.05) is 176 Å². The molecule has 0 saturated carbocycles. The van der Waals surface area contributed by atoms with Crippen molar-refractivity contribution in [1.82, 2.24) is 14.5 Å². The number of aromatic nitrogens is 3. The van der Waals surface area contributed by atoms with Gasteiger partial charge in [0, 0.05) is 43.4 Å². The minimum Gasteiger partial charge on any atom is -0.453 e. The Morgan fingerprint density at radius 1 is 0.317 bits per heavy atom. The lowest BCUT2D eigenvalue weighted by molar-refractivity contribution is 0.675. The van der Waals surface area contributed by atoms with Crippen molar-refractivity contribution in [2.45, 2.75) is 0 Å². The van der Waals surface area contributed by atoms with Crippen molar-refractivity contribution in [3.8, 4) is 39.6 Å². The monoisotopic (exact) mass is 763 g/mol. The van der Waals surface area contributed by atoms with Gasteiger partial charge in [-0.2, -0.15) is 0 Å². The zero-order chi connectivity index (χ0) is 39.3. The molecular weight excluding hydrogens is 731 g/mol. The van der Waals surface area contributed by atoms with Gasteiger partial charge in [-0.25, -0.2) is 9.97 Å². The van der Waals surface area contributed by atoms with Gasteiger partial charge in [-0.15, -0.1) is 0 Å². The third-order valence-corrected chi connectivity index (χ3v) is 12.4. The zero-order valence-electron chi connectivity index (χ0n) is 32.3. The molecule has 3 heterocycles. The predicted molar refractivity (Wildman–Crippen MR) is 250 cm³/mol. The van der Waals surface area contributed by atoms with E-state index in [4.69, 9.17) is 14.4 Å². The molecule has 0 aliphatic rings. The van der Waals surface area contributed by atoms with Crippen molar-refractivity contribution < 1.29 is 4.42 Å². The molecule has 0 unspecified atom stereocenters. The summed E-state index contributed by atoms with van der Waals surface area (Å²) in [5, 5.41) is 14.0. The van der Waals surface area contributed by atoms with E-state index in [1.165, 1.54) is 37.7 Å². The first-order valence-corrected chi connectivity index (χ1v) is 20.4. The summed E-state index contributed by atoms with van der Waals surface area (Å²) in [7, 11) is 0. The molecule has 0 N–H and O–H groups in total. The molecule has 4 heteroatoms. The molecule has 0 saturated heterocycles. The second kappa shape index (κ2) is 12.7. The third kappa shape index (κ3) is 4.73. The van der Waals surface area contributed by atoms with Gasteiger partial charge >= 0.3 is 0 Å². The SMILES string of the molecule is c1ccc(-c2cccc(-c3cc(-c4ccccc4)nc(-n4c5ccccc5c5ccc6c(oc7c6c6ccccc6c6c8ccccc8c8ccccc8c76)c54)n3)c2)cc1. The van der Waals surface area contributed by atoms with E-state index in [9.17, 15) is 0 Å². The van der Waals surface area contributed by atoms with Gasteiger partial charge < -0.3 is 4.42 Å².